The largest absolute Gasteiger partial charge is 0.304 e. The van der Waals surface area contributed by atoms with Crippen molar-refractivity contribution in [1.82, 2.24) is 20.0 Å². The van der Waals surface area contributed by atoms with E-state index in [0.29, 0.717) is 10.7 Å². The molecule has 24 heavy (non-hydrogen) atoms. The number of nitro benzene ring substituents is 1. The van der Waals surface area contributed by atoms with E-state index in [2.05, 4.69) is 32.0 Å². The van der Waals surface area contributed by atoms with Gasteiger partial charge in [-0.25, -0.2) is 4.99 Å². The highest BCUT2D eigenvalue weighted by Crippen LogP contribution is 2.22. The van der Waals surface area contributed by atoms with Gasteiger partial charge in [0.1, 0.15) is 5.01 Å². The Kier molecular flexibility index (Phi) is 5.24. The van der Waals surface area contributed by atoms with Crippen LogP contribution < -0.4 is 0 Å². The summed E-state index contributed by atoms with van der Waals surface area (Å²) in [6.07, 6.45) is 1.47. The summed E-state index contributed by atoms with van der Waals surface area (Å²) < 4.78 is 0. The first-order valence-corrected chi connectivity index (χ1v) is 8.44. The highest BCUT2D eigenvalue weighted by Gasteiger charge is 2.16. The van der Waals surface area contributed by atoms with Crippen molar-refractivity contribution < 1.29 is 4.92 Å². The third-order valence-electron chi connectivity index (χ3n) is 3.86. The molecule has 9 heteroatoms. The van der Waals surface area contributed by atoms with Crippen molar-refractivity contribution in [2.75, 3.05) is 33.2 Å². The lowest BCUT2D eigenvalue weighted by Gasteiger charge is -2.31. The number of nitro groups is 1. The van der Waals surface area contributed by atoms with Crippen LogP contribution >= 0.6 is 11.3 Å². The predicted molar refractivity (Wildman–Crippen MR) is 93.0 cm³/mol. The molecule has 0 bridgehead atoms. The number of benzene rings is 1. The van der Waals surface area contributed by atoms with Crippen molar-refractivity contribution in [3.8, 4) is 0 Å². The minimum atomic E-state index is -0.416. The first kappa shape index (κ1) is 16.6. The molecule has 1 aromatic heterocycles. The monoisotopic (exact) mass is 346 g/mol. The Bertz CT molecular complexity index is 739. The quantitative estimate of drug-likeness (QED) is 0.467. The van der Waals surface area contributed by atoms with Gasteiger partial charge in [0.15, 0.2) is 0 Å². The summed E-state index contributed by atoms with van der Waals surface area (Å²) >= 11 is 1.42. The maximum absolute atomic E-state index is 11.0. The summed E-state index contributed by atoms with van der Waals surface area (Å²) in [5.41, 5.74) is 0.488. The molecule has 1 aliphatic heterocycles. The lowest BCUT2D eigenvalue weighted by Crippen LogP contribution is -2.43. The van der Waals surface area contributed by atoms with Crippen LogP contribution in [0.4, 0.5) is 10.8 Å². The fourth-order valence-electron chi connectivity index (χ4n) is 2.45. The van der Waals surface area contributed by atoms with E-state index in [0.717, 1.165) is 37.7 Å². The fraction of sp³-hybridized carbons (Fsp3) is 0.400. The zero-order valence-corrected chi connectivity index (χ0v) is 14.1. The SMILES string of the molecule is CN1CCN(Cc2nnc(/N=C/c3ccccc3[N+](=O)[O-])s2)CC1. The van der Waals surface area contributed by atoms with E-state index in [1.165, 1.54) is 23.6 Å². The Morgan fingerprint density at radius 3 is 2.79 bits per heavy atom. The Balaban J connectivity index is 1.65. The molecule has 8 nitrogen and oxygen atoms in total. The summed E-state index contributed by atoms with van der Waals surface area (Å²) in [6.45, 7) is 4.92. The first-order valence-electron chi connectivity index (χ1n) is 7.62. The second kappa shape index (κ2) is 7.56. The standard InChI is InChI=1S/C15H18N6O2S/c1-19-6-8-20(9-7-19)11-14-17-18-15(24-14)16-10-12-4-2-3-5-13(12)21(22)23/h2-5,10H,6-9,11H2,1H3/b16-10+. The zero-order chi connectivity index (χ0) is 16.9. The van der Waals surface area contributed by atoms with Gasteiger partial charge in [0.25, 0.3) is 5.69 Å². The molecule has 126 valence electrons. The van der Waals surface area contributed by atoms with E-state index >= 15 is 0 Å². The van der Waals surface area contributed by atoms with Crippen molar-refractivity contribution in [2.45, 2.75) is 6.54 Å². The minimum absolute atomic E-state index is 0.0309. The number of aromatic nitrogens is 2. The van der Waals surface area contributed by atoms with Crippen LogP contribution in [0, 0.1) is 10.1 Å². The third-order valence-corrected chi connectivity index (χ3v) is 4.67. The molecule has 3 rings (SSSR count). The van der Waals surface area contributed by atoms with Crippen LogP contribution in [0.25, 0.3) is 0 Å². The van der Waals surface area contributed by atoms with Gasteiger partial charge in [0, 0.05) is 38.5 Å². The molecular weight excluding hydrogens is 328 g/mol. The Morgan fingerprint density at radius 1 is 1.29 bits per heavy atom. The van der Waals surface area contributed by atoms with Crippen molar-refractivity contribution in [3.63, 3.8) is 0 Å². The average molecular weight is 346 g/mol. The second-order valence-electron chi connectivity index (χ2n) is 5.63. The summed E-state index contributed by atoms with van der Waals surface area (Å²) in [5.74, 6) is 0. The van der Waals surface area contributed by atoms with Crippen LogP contribution in [-0.2, 0) is 6.54 Å². The van der Waals surface area contributed by atoms with Gasteiger partial charge in [0.05, 0.1) is 17.0 Å². The highest BCUT2D eigenvalue weighted by molar-refractivity contribution is 7.14. The Labute approximate surface area is 143 Å². The van der Waals surface area contributed by atoms with E-state index in [4.69, 9.17) is 0 Å². The van der Waals surface area contributed by atoms with Gasteiger partial charge in [0.2, 0.25) is 5.13 Å². The van der Waals surface area contributed by atoms with Crippen molar-refractivity contribution >= 4 is 28.4 Å². The van der Waals surface area contributed by atoms with Crippen LogP contribution in [0.15, 0.2) is 29.3 Å². The number of hydrogen-bond donors (Lipinski definition) is 0. The van der Waals surface area contributed by atoms with Crippen LogP contribution in [0.1, 0.15) is 10.6 Å². The topological polar surface area (TPSA) is 87.8 Å². The molecule has 2 heterocycles. The highest BCUT2D eigenvalue weighted by atomic mass is 32.1. The maximum atomic E-state index is 11.0. The molecule has 1 saturated heterocycles. The number of likely N-dealkylation sites (N-methyl/N-ethyl adjacent to an activating group) is 1. The van der Waals surface area contributed by atoms with Gasteiger partial charge in [-0.1, -0.05) is 23.5 Å². The van der Waals surface area contributed by atoms with Crippen molar-refractivity contribution in [2.24, 2.45) is 4.99 Å². The summed E-state index contributed by atoms with van der Waals surface area (Å²) in [7, 11) is 2.12. The van der Waals surface area contributed by atoms with Gasteiger partial charge < -0.3 is 4.90 Å². The number of hydrogen-bond acceptors (Lipinski definition) is 8. The number of para-hydroxylation sites is 1. The van der Waals surface area contributed by atoms with Crippen molar-refractivity contribution in [3.05, 3.63) is 45.0 Å². The number of nitrogens with zero attached hydrogens (tertiary/aromatic N) is 6. The van der Waals surface area contributed by atoms with E-state index < -0.39 is 4.92 Å². The number of aliphatic imine (C=N–C) groups is 1. The summed E-state index contributed by atoms with van der Waals surface area (Å²) in [6, 6.07) is 6.50. The number of rotatable bonds is 5. The lowest BCUT2D eigenvalue weighted by atomic mass is 10.2. The Morgan fingerprint density at radius 2 is 2.04 bits per heavy atom. The molecule has 2 aromatic rings. The number of piperazine rings is 1. The average Bonchev–Trinajstić information content (AvgIpc) is 3.03. The van der Waals surface area contributed by atoms with Gasteiger partial charge in [-0.2, -0.15) is 0 Å². The van der Waals surface area contributed by atoms with E-state index in [1.807, 2.05) is 0 Å². The molecule has 1 fully saturated rings. The third kappa shape index (κ3) is 4.19. The zero-order valence-electron chi connectivity index (χ0n) is 13.3. The van der Waals surface area contributed by atoms with Crippen molar-refractivity contribution in [1.29, 1.82) is 0 Å². The Hall–Kier alpha value is -2.23. The smallest absolute Gasteiger partial charge is 0.278 e. The molecule has 0 amide bonds. The van der Waals surface area contributed by atoms with Crippen LogP contribution in [0.3, 0.4) is 0 Å². The molecular formula is C15H18N6O2S. The lowest BCUT2D eigenvalue weighted by molar-refractivity contribution is -0.385. The molecule has 0 unspecified atom stereocenters. The molecule has 0 radical (unpaired) electrons. The summed E-state index contributed by atoms with van der Waals surface area (Å²) in [4.78, 5) is 19.5. The predicted octanol–water partition coefficient (Wildman–Crippen LogP) is 1.94. The van der Waals surface area contributed by atoms with Gasteiger partial charge in [-0.15, -0.1) is 10.2 Å². The minimum Gasteiger partial charge on any atom is -0.304 e. The molecule has 1 aliphatic rings. The van der Waals surface area contributed by atoms with Crippen LogP contribution in [-0.4, -0.2) is 64.4 Å². The van der Waals surface area contributed by atoms with E-state index in [-0.39, 0.29) is 5.69 Å². The molecule has 0 saturated carbocycles. The van der Waals surface area contributed by atoms with Gasteiger partial charge >= 0.3 is 0 Å². The first-order chi connectivity index (χ1) is 11.6. The molecule has 0 aliphatic carbocycles. The van der Waals surface area contributed by atoms with Gasteiger partial charge in [-0.3, -0.25) is 15.0 Å². The summed E-state index contributed by atoms with van der Waals surface area (Å²) in [5, 5.41) is 20.6. The van der Waals surface area contributed by atoms with E-state index in [1.54, 1.807) is 18.2 Å². The normalized spacial score (nSPS) is 16.7. The van der Waals surface area contributed by atoms with Gasteiger partial charge in [-0.05, 0) is 13.1 Å². The molecule has 1 aromatic carbocycles. The van der Waals surface area contributed by atoms with Crippen LogP contribution in [0.5, 0.6) is 0 Å². The van der Waals surface area contributed by atoms with Crippen LogP contribution in [0.2, 0.25) is 0 Å². The molecule has 0 spiro atoms. The van der Waals surface area contributed by atoms with E-state index in [9.17, 15) is 10.1 Å². The molecule has 0 atom stereocenters. The molecule has 0 N–H and O–H groups in total. The second-order valence-corrected chi connectivity index (χ2v) is 6.67. The fourth-order valence-corrected chi connectivity index (χ4v) is 3.17. The maximum Gasteiger partial charge on any atom is 0.278 e.